The van der Waals surface area contributed by atoms with Crippen molar-refractivity contribution >= 4 is 11.6 Å². The van der Waals surface area contributed by atoms with Crippen LogP contribution in [-0.2, 0) is 9.47 Å². The number of anilines is 1. The number of nitrogens with one attached hydrogen (secondary N) is 1. The minimum atomic E-state index is -0.430. The fourth-order valence-electron chi connectivity index (χ4n) is 2.18. The zero-order valence-electron chi connectivity index (χ0n) is 11.8. The first-order chi connectivity index (χ1) is 9.58. The summed E-state index contributed by atoms with van der Waals surface area (Å²) in [5.41, 5.74) is 6.26. The molecule has 1 aliphatic heterocycles. The molecule has 1 unspecified atom stereocenters. The number of rotatable bonds is 5. The van der Waals surface area contributed by atoms with E-state index in [1.807, 2.05) is 0 Å². The molecule has 1 saturated heterocycles. The maximum Gasteiger partial charge on any atom is 0.251 e. The molecule has 6 heteroatoms. The first-order valence-corrected chi connectivity index (χ1v) is 6.44. The van der Waals surface area contributed by atoms with Gasteiger partial charge in [0.15, 0.2) is 0 Å². The van der Waals surface area contributed by atoms with Crippen molar-refractivity contribution < 1.29 is 19.0 Å². The van der Waals surface area contributed by atoms with Crippen molar-refractivity contribution in [2.75, 3.05) is 39.7 Å². The van der Waals surface area contributed by atoms with Gasteiger partial charge < -0.3 is 25.3 Å². The van der Waals surface area contributed by atoms with Gasteiger partial charge in [0.2, 0.25) is 0 Å². The lowest BCUT2D eigenvalue weighted by Crippen LogP contribution is -2.45. The van der Waals surface area contributed by atoms with Crippen LogP contribution in [0.2, 0.25) is 0 Å². The second-order valence-corrected chi connectivity index (χ2v) is 4.87. The van der Waals surface area contributed by atoms with Crippen molar-refractivity contribution in [1.82, 2.24) is 5.32 Å². The number of carbonyl (C=O) groups is 1. The van der Waals surface area contributed by atoms with Crippen LogP contribution in [0.15, 0.2) is 18.2 Å². The van der Waals surface area contributed by atoms with E-state index in [9.17, 15) is 4.79 Å². The van der Waals surface area contributed by atoms with Crippen molar-refractivity contribution in [3.63, 3.8) is 0 Å². The van der Waals surface area contributed by atoms with Gasteiger partial charge in [-0.3, -0.25) is 4.79 Å². The summed E-state index contributed by atoms with van der Waals surface area (Å²) in [6.45, 7) is 1.54. The van der Waals surface area contributed by atoms with E-state index in [1.54, 1.807) is 25.3 Å². The number of carbonyl (C=O) groups excluding carboxylic acids is 1. The Labute approximate surface area is 118 Å². The van der Waals surface area contributed by atoms with E-state index in [0.717, 1.165) is 6.42 Å². The molecular formula is C14H20N2O4. The summed E-state index contributed by atoms with van der Waals surface area (Å²) >= 11 is 0. The zero-order valence-corrected chi connectivity index (χ0v) is 11.8. The summed E-state index contributed by atoms with van der Waals surface area (Å²) in [6.07, 6.45) is 0.768. The molecule has 1 atom stereocenters. The third kappa shape index (κ3) is 3.20. The van der Waals surface area contributed by atoms with Crippen molar-refractivity contribution in [1.29, 1.82) is 0 Å². The third-order valence-electron chi connectivity index (χ3n) is 3.50. The Morgan fingerprint density at radius 3 is 2.85 bits per heavy atom. The molecular weight excluding hydrogens is 260 g/mol. The second kappa shape index (κ2) is 6.11. The quantitative estimate of drug-likeness (QED) is 0.780. The molecule has 0 spiro atoms. The number of ether oxygens (including phenoxy) is 3. The van der Waals surface area contributed by atoms with Crippen LogP contribution in [0.3, 0.4) is 0 Å². The number of amides is 1. The maximum atomic E-state index is 12.2. The number of benzene rings is 1. The molecule has 110 valence electrons. The lowest BCUT2D eigenvalue weighted by atomic mass is 10.0. The summed E-state index contributed by atoms with van der Waals surface area (Å²) in [5, 5.41) is 2.86. The van der Waals surface area contributed by atoms with Gasteiger partial charge in [-0.15, -0.1) is 0 Å². The van der Waals surface area contributed by atoms with Crippen LogP contribution in [0, 0.1) is 0 Å². The van der Waals surface area contributed by atoms with Gasteiger partial charge >= 0.3 is 0 Å². The monoisotopic (exact) mass is 280 g/mol. The van der Waals surface area contributed by atoms with E-state index in [1.165, 1.54) is 7.11 Å². The van der Waals surface area contributed by atoms with Crippen LogP contribution in [0.5, 0.6) is 5.75 Å². The summed E-state index contributed by atoms with van der Waals surface area (Å²) in [5.74, 6) is 0.347. The van der Waals surface area contributed by atoms with Gasteiger partial charge in [0.1, 0.15) is 11.4 Å². The van der Waals surface area contributed by atoms with Gasteiger partial charge in [-0.05, 0) is 12.1 Å². The third-order valence-corrected chi connectivity index (χ3v) is 3.50. The van der Waals surface area contributed by atoms with Gasteiger partial charge in [-0.2, -0.15) is 0 Å². The molecule has 20 heavy (non-hydrogen) atoms. The number of nitrogens with two attached hydrogens (primary N) is 1. The Morgan fingerprint density at radius 1 is 1.45 bits per heavy atom. The Balaban J connectivity index is 2.03. The van der Waals surface area contributed by atoms with Crippen LogP contribution in [0.25, 0.3) is 0 Å². The molecule has 0 aromatic heterocycles. The Hall–Kier alpha value is -1.79. The minimum Gasteiger partial charge on any atom is -0.497 e. The molecule has 1 fully saturated rings. The first-order valence-electron chi connectivity index (χ1n) is 6.44. The number of nitrogen functional groups attached to an aromatic ring is 1. The molecule has 0 saturated carbocycles. The van der Waals surface area contributed by atoms with Crippen molar-refractivity contribution in [3.05, 3.63) is 23.8 Å². The molecule has 1 amide bonds. The predicted octanol–water partition coefficient (Wildman–Crippen LogP) is 0.813. The van der Waals surface area contributed by atoms with E-state index in [-0.39, 0.29) is 5.91 Å². The normalized spacial score (nSPS) is 21.7. The van der Waals surface area contributed by atoms with Gasteiger partial charge in [0.25, 0.3) is 5.91 Å². The molecule has 1 heterocycles. The lowest BCUT2D eigenvalue weighted by molar-refractivity contribution is -0.0148. The number of hydrogen-bond acceptors (Lipinski definition) is 5. The smallest absolute Gasteiger partial charge is 0.251 e. The summed E-state index contributed by atoms with van der Waals surface area (Å²) in [6, 6.07) is 4.93. The largest absolute Gasteiger partial charge is 0.497 e. The molecule has 3 N–H and O–H groups in total. The van der Waals surface area contributed by atoms with E-state index in [0.29, 0.717) is 36.8 Å². The Kier molecular flexibility index (Phi) is 4.46. The molecule has 2 rings (SSSR count). The highest BCUT2D eigenvalue weighted by molar-refractivity contribution is 5.95. The SMILES string of the molecule is COc1cc(N)cc(C(=O)NCC2(OC)CCOC2)c1. The summed E-state index contributed by atoms with van der Waals surface area (Å²) in [4.78, 5) is 12.2. The molecule has 0 radical (unpaired) electrons. The second-order valence-electron chi connectivity index (χ2n) is 4.87. The Bertz CT molecular complexity index is 484. The van der Waals surface area contributed by atoms with Gasteiger partial charge in [-0.1, -0.05) is 0 Å². The van der Waals surface area contributed by atoms with Crippen molar-refractivity contribution in [3.8, 4) is 5.75 Å². The molecule has 1 aromatic carbocycles. The predicted molar refractivity (Wildman–Crippen MR) is 74.9 cm³/mol. The molecule has 0 aliphatic carbocycles. The topological polar surface area (TPSA) is 82.8 Å². The minimum absolute atomic E-state index is 0.209. The molecule has 1 aliphatic rings. The summed E-state index contributed by atoms with van der Waals surface area (Å²) < 4.78 is 15.9. The van der Waals surface area contributed by atoms with Gasteiger partial charge in [0.05, 0.1) is 13.7 Å². The van der Waals surface area contributed by atoms with E-state index in [2.05, 4.69) is 5.32 Å². The fraction of sp³-hybridized carbons (Fsp3) is 0.500. The average Bonchev–Trinajstić information content (AvgIpc) is 2.93. The van der Waals surface area contributed by atoms with Crippen molar-refractivity contribution in [2.24, 2.45) is 0 Å². The molecule has 6 nitrogen and oxygen atoms in total. The van der Waals surface area contributed by atoms with Gasteiger partial charge in [0, 0.05) is 44.0 Å². The maximum absolute atomic E-state index is 12.2. The summed E-state index contributed by atoms with van der Waals surface area (Å²) in [7, 11) is 3.16. The molecule has 0 bridgehead atoms. The highest BCUT2D eigenvalue weighted by atomic mass is 16.5. The van der Waals surface area contributed by atoms with Crippen LogP contribution < -0.4 is 15.8 Å². The fourth-order valence-corrected chi connectivity index (χ4v) is 2.18. The number of methoxy groups -OCH3 is 2. The molecule has 1 aromatic rings. The van der Waals surface area contributed by atoms with E-state index in [4.69, 9.17) is 19.9 Å². The zero-order chi connectivity index (χ0) is 14.6. The van der Waals surface area contributed by atoms with Crippen LogP contribution in [0.1, 0.15) is 16.8 Å². The van der Waals surface area contributed by atoms with Crippen LogP contribution >= 0.6 is 0 Å². The number of hydrogen-bond donors (Lipinski definition) is 2. The first kappa shape index (κ1) is 14.6. The van der Waals surface area contributed by atoms with Crippen LogP contribution in [0.4, 0.5) is 5.69 Å². The van der Waals surface area contributed by atoms with Gasteiger partial charge in [-0.25, -0.2) is 0 Å². The standard InChI is InChI=1S/C14H20N2O4/c1-18-12-6-10(5-11(15)7-12)13(17)16-8-14(19-2)3-4-20-9-14/h5-7H,3-4,8-9,15H2,1-2H3,(H,16,17). The average molecular weight is 280 g/mol. The highest BCUT2D eigenvalue weighted by Gasteiger charge is 2.35. The van der Waals surface area contributed by atoms with Crippen LogP contribution in [-0.4, -0.2) is 45.5 Å². The van der Waals surface area contributed by atoms with Crippen molar-refractivity contribution in [2.45, 2.75) is 12.0 Å². The Morgan fingerprint density at radius 2 is 2.25 bits per heavy atom. The van der Waals surface area contributed by atoms with E-state index < -0.39 is 5.60 Å². The van der Waals surface area contributed by atoms with E-state index >= 15 is 0 Å². The highest BCUT2D eigenvalue weighted by Crippen LogP contribution is 2.22. The lowest BCUT2D eigenvalue weighted by Gasteiger charge is -2.25.